The van der Waals surface area contributed by atoms with Crippen molar-refractivity contribution in [2.75, 3.05) is 20.2 Å². The number of benzene rings is 2. The summed E-state index contributed by atoms with van der Waals surface area (Å²) in [6.07, 6.45) is -0.689. The molecule has 0 saturated carbocycles. The molecule has 2 amide bonds. The molecule has 0 radical (unpaired) electrons. The van der Waals surface area contributed by atoms with E-state index in [4.69, 9.17) is 9.47 Å². The molecule has 1 heterocycles. The zero-order chi connectivity index (χ0) is 24.2. The van der Waals surface area contributed by atoms with E-state index in [1.54, 1.807) is 12.1 Å². The number of methoxy groups -OCH3 is 1. The molecule has 11 heteroatoms. The van der Waals surface area contributed by atoms with Gasteiger partial charge in [-0.25, -0.2) is 18.7 Å². The molecule has 10 nitrogen and oxygen atoms in total. The van der Waals surface area contributed by atoms with Crippen molar-refractivity contribution >= 4 is 22.0 Å². The number of hydrogen-bond acceptors (Lipinski definition) is 7. The van der Waals surface area contributed by atoms with Gasteiger partial charge in [0.2, 0.25) is 10.0 Å². The minimum Gasteiger partial charge on any atom is -0.489 e. The van der Waals surface area contributed by atoms with E-state index in [1.807, 2.05) is 31.2 Å². The van der Waals surface area contributed by atoms with Crippen LogP contribution < -0.4 is 10.2 Å². The Kier molecular flexibility index (Phi) is 7.57. The summed E-state index contributed by atoms with van der Waals surface area (Å²) in [4.78, 5) is 25.6. The zero-order valence-corrected chi connectivity index (χ0v) is 19.4. The summed E-state index contributed by atoms with van der Waals surface area (Å²) in [6.45, 7) is 3.71. The van der Waals surface area contributed by atoms with E-state index in [0.29, 0.717) is 12.4 Å². The van der Waals surface area contributed by atoms with E-state index in [1.165, 1.54) is 36.5 Å². The highest BCUT2D eigenvalue weighted by Gasteiger charge is 2.46. The standard InChI is InChI=1S/C22H27N3O7S/c1-15-6-4-5-7-17(15)14-32-18-8-10-19(11-9-18)33(29,30)25-13-12-24(22(27)31-3)16(2)20(25)21(26)23-28/h4-11,16,20,28H,12-14H2,1-3H3,(H,23,26)/t16-,20+/m0/s1. The molecule has 2 N–H and O–H groups in total. The first-order valence-electron chi connectivity index (χ1n) is 10.3. The molecule has 0 unspecified atom stereocenters. The van der Waals surface area contributed by atoms with Crippen molar-refractivity contribution in [1.29, 1.82) is 0 Å². The lowest BCUT2D eigenvalue weighted by Gasteiger charge is -2.43. The second kappa shape index (κ2) is 10.2. The van der Waals surface area contributed by atoms with Gasteiger partial charge >= 0.3 is 6.09 Å². The number of carbonyl (C=O) groups is 2. The number of nitrogens with zero attached hydrogens (tertiary/aromatic N) is 2. The van der Waals surface area contributed by atoms with Crippen molar-refractivity contribution in [2.45, 2.75) is 37.4 Å². The van der Waals surface area contributed by atoms with Crippen LogP contribution in [0.2, 0.25) is 0 Å². The van der Waals surface area contributed by atoms with Crippen molar-refractivity contribution < 1.29 is 32.7 Å². The van der Waals surface area contributed by atoms with Gasteiger partial charge in [-0.05, 0) is 49.2 Å². The largest absolute Gasteiger partial charge is 0.489 e. The van der Waals surface area contributed by atoms with Crippen LogP contribution in [-0.2, 0) is 26.2 Å². The van der Waals surface area contributed by atoms with Crippen LogP contribution >= 0.6 is 0 Å². The summed E-state index contributed by atoms with van der Waals surface area (Å²) >= 11 is 0. The van der Waals surface area contributed by atoms with E-state index in [0.717, 1.165) is 15.4 Å². The number of amides is 2. The van der Waals surface area contributed by atoms with Gasteiger partial charge in [-0.1, -0.05) is 24.3 Å². The molecule has 0 spiro atoms. The van der Waals surface area contributed by atoms with Crippen LogP contribution in [0.3, 0.4) is 0 Å². The molecule has 2 aromatic rings. The Morgan fingerprint density at radius 2 is 1.79 bits per heavy atom. The lowest BCUT2D eigenvalue weighted by Crippen LogP contribution is -2.65. The van der Waals surface area contributed by atoms with Crippen LogP contribution in [0.4, 0.5) is 4.79 Å². The van der Waals surface area contributed by atoms with Gasteiger partial charge in [-0.3, -0.25) is 10.0 Å². The average molecular weight is 478 g/mol. The SMILES string of the molecule is COC(=O)N1CCN(S(=O)(=O)c2ccc(OCc3ccccc3C)cc2)[C@@H](C(=O)NO)[C@@H]1C. The fourth-order valence-corrected chi connectivity index (χ4v) is 5.44. The third-order valence-electron chi connectivity index (χ3n) is 5.69. The summed E-state index contributed by atoms with van der Waals surface area (Å²) < 4.78 is 38.1. The highest BCUT2D eigenvalue weighted by Crippen LogP contribution is 2.27. The lowest BCUT2D eigenvalue weighted by atomic mass is 10.1. The van der Waals surface area contributed by atoms with Gasteiger partial charge < -0.3 is 14.4 Å². The minimum absolute atomic E-state index is 0.0277. The Bertz CT molecular complexity index is 1110. The van der Waals surface area contributed by atoms with E-state index in [-0.39, 0.29) is 18.0 Å². The molecular formula is C22H27N3O7S. The average Bonchev–Trinajstić information content (AvgIpc) is 2.82. The molecule has 3 rings (SSSR count). The molecule has 33 heavy (non-hydrogen) atoms. The topological polar surface area (TPSA) is 125 Å². The van der Waals surface area contributed by atoms with E-state index >= 15 is 0 Å². The molecule has 0 aliphatic carbocycles. The van der Waals surface area contributed by atoms with Crippen LogP contribution in [0.5, 0.6) is 5.75 Å². The Morgan fingerprint density at radius 3 is 2.39 bits per heavy atom. The maximum absolute atomic E-state index is 13.3. The van der Waals surface area contributed by atoms with E-state index in [2.05, 4.69) is 0 Å². The maximum atomic E-state index is 13.3. The quantitative estimate of drug-likeness (QED) is 0.481. The predicted molar refractivity (Wildman–Crippen MR) is 118 cm³/mol. The lowest BCUT2D eigenvalue weighted by molar-refractivity contribution is -0.136. The smallest absolute Gasteiger partial charge is 0.409 e. The molecule has 1 fully saturated rings. The first-order valence-corrected chi connectivity index (χ1v) is 11.7. The van der Waals surface area contributed by atoms with Crippen molar-refractivity contribution in [1.82, 2.24) is 14.7 Å². The number of nitrogens with one attached hydrogen (secondary N) is 1. The second-order valence-corrected chi connectivity index (χ2v) is 9.52. The second-order valence-electron chi connectivity index (χ2n) is 7.63. The Morgan fingerprint density at radius 1 is 1.12 bits per heavy atom. The Hall–Kier alpha value is -3.15. The zero-order valence-electron chi connectivity index (χ0n) is 18.6. The number of carbonyl (C=O) groups excluding carboxylic acids is 2. The predicted octanol–water partition coefficient (Wildman–Crippen LogP) is 1.91. The van der Waals surface area contributed by atoms with Crippen LogP contribution in [-0.4, -0.2) is 67.1 Å². The molecule has 2 atom stereocenters. The van der Waals surface area contributed by atoms with Gasteiger partial charge in [-0.2, -0.15) is 4.31 Å². The molecule has 2 aromatic carbocycles. The number of sulfonamides is 1. The Labute approximate surface area is 192 Å². The molecule has 1 aliphatic heterocycles. The van der Waals surface area contributed by atoms with Crippen LogP contribution in [0.25, 0.3) is 0 Å². The van der Waals surface area contributed by atoms with E-state index < -0.39 is 34.1 Å². The fourth-order valence-electron chi connectivity index (χ4n) is 3.80. The Balaban J connectivity index is 1.80. The maximum Gasteiger partial charge on any atom is 0.409 e. The number of hydroxylamine groups is 1. The molecular weight excluding hydrogens is 450 g/mol. The van der Waals surface area contributed by atoms with Crippen LogP contribution in [0.1, 0.15) is 18.1 Å². The van der Waals surface area contributed by atoms with Gasteiger partial charge in [-0.15, -0.1) is 0 Å². The van der Waals surface area contributed by atoms with Crippen molar-refractivity contribution in [3.05, 3.63) is 59.7 Å². The van der Waals surface area contributed by atoms with Crippen molar-refractivity contribution in [3.63, 3.8) is 0 Å². The first kappa shape index (κ1) is 24.5. The summed E-state index contributed by atoms with van der Waals surface area (Å²) in [5.74, 6) is -0.455. The summed E-state index contributed by atoms with van der Waals surface area (Å²) in [5.41, 5.74) is 3.60. The number of ether oxygens (including phenoxy) is 2. The molecule has 1 aliphatic rings. The fraction of sp³-hybridized carbons (Fsp3) is 0.364. The third-order valence-corrected chi connectivity index (χ3v) is 7.59. The van der Waals surface area contributed by atoms with Crippen molar-refractivity contribution in [3.8, 4) is 5.75 Å². The third kappa shape index (κ3) is 5.10. The summed E-state index contributed by atoms with van der Waals surface area (Å²) in [7, 11) is -2.92. The minimum atomic E-state index is -4.12. The van der Waals surface area contributed by atoms with Gasteiger partial charge in [0.25, 0.3) is 5.91 Å². The van der Waals surface area contributed by atoms with Crippen molar-refractivity contribution in [2.24, 2.45) is 0 Å². The van der Waals surface area contributed by atoms with Gasteiger partial charge in [0, 0.05) is 13.1 Å². The summed E-state index contributed by atoms with van der Waals surface area (Å²) in [5, 5.41) is 9.18. The molecule has 1 saturated heterocycles. The van der Waals surface area contributed by atoms with Gasteiger partial charge in [0.05, 0.1) is 18.0 Å². The number of piperazine rings is 1. The molecule has 0 aromatic heterocycles. The van der Waals surface area contributed by atoms with Gasteiger partial charge in [0.15, 0.2) is 0 Å². The number of aryl methyl sites for hydroxylation is 1. The van der Waals surface area contributed by atoms with E-state index in [9.17, 15) is 23.2 Å². The normalized spacial score (nSPS) is 19.1. The van der Waals surface area contributed by atoms with Crippen LogP contribution in [0.15, 0.2) is 53.4 Å². The van der Waals surface area contributed by atoms with Crippen LogP contribution in [0, 0.1) is 6.92 Å². The number of rotatable bonds is 6. The van der Waals surface area contributed by atoms with Gasteiger partial charge in [0.1, 0.15) is 18.4 Å². The molecule has 178 valence electrons. The summed E-state index contributed by atoms with van der Waals surface area (Å²) in [6, 6.07) is 11.5. The number of hydrogen-bond donors (Lipinski definition) is 2. The first-order chi connectivity index (χ1) is 15.7. The monoisotopic (exact) mass is 477 g/mol. The highest BCUT2D eigenvalue weighted by atomic mass is 32.2. The highest BCUT2D eigenvalue weighted by molar-refractivity contribution is 7.89. The molecule has 0 bridgehead atoms.